The van der Waals surface area contributed by atoms with Crippen LogP contribution in [0.2, 0.25) is 5.02 Å². The van der Waals surface area contributed by atoms with E-state index in [2.05, 4.69) is 10.4 Å². The van der Waals surface area contributed by atoms with Crippen molar-refractivity contribution in [1.29, 1.82) is 0 Å². The van der Waals surface area contributed by atoms with Crippen molar-refractivity contribution in [3.05, 3.63) is 112 Å². The fourth-order valence-electron chi connectivity index (χ4n) is 4.69. The Morgan fingerprint density at radius 2 is 1.72 bits per heavy atom. The predicted molar refractivity (Wildman–Crippen MR) is 144 cm³/mol. The van der Waals surface area contributed by atoms with Gasteiger partial charge in [-0.2, -0.15) is 5.10 Å². The summed E-state index contributed by atoms with van der Waals surface area (Å²) in [6, 6.07) is 25.5. The third-order valence-electron chi connectivity index (χ3n) is 6.48. The summed E-state index contributed by atoms with van der Waals surface area (Å²) in [5.41, 5.74) is 3.30. The minimum atomic E-state index is -0.294. The highest BCUT2D eigenvalue weighted by Gasteiger charge is 2.18. The van der Waals surface area contributed by atoms with Crippen LogP contribution in [0.4, 0.5) is 0 Å². The van der Waals surface area contributed by atoms with Gasteiger partial charge in [-0.1, -0.05) is 79.2 Å². The summed E-state index contributed by atoms with van der Waals surface area (Å²) >= 11 is 6.21. The maximum absolute atomic E-state index is 13.6. The second-order valence-corrected chi connectivity index (χ2v) is 9.40. The highest BCUT2D eigenvalue weighted by atomic mass is 35.5. The van der Waals surface area contributed by atoms with Crippen molar-refractivity contribution >= 4 is 39.3 Å². The van der Waals surface area contributed by atoms with Crippen molar-refractivity contribution in [2.45, 2.75) is 38.9 Å². The smallest absolute Gasteiger partial charge is 0.291 e. The number of fused-ring (bicyclic) bond motifs is 3. The topological polar surface area (TPSA) is 68.9 Å². The SMILES string of the molecule is CCC(Cc1ccccc1)NC(=O)Cn1ncc2c3ccccc3n(Cc3cccc(Cl)c3)c2c1=O. The Bertz CT molecular complexity index is 1590. The number of aromatic nitrogens is 3. The molecule has 0 aliphatic carbocycles. The van der Waals surface area contributed by atoms with Crippen molar-refractivity contribution in [3.63, 3.8) is 0 Å². The third-order valence-corrected chi connectivity index (χ3v) is 6.71. The van der Waals surface area contributed by atoms with Crippen LogP contribution in [0.1, 0.15) is 24.5 Å². The van der Waals surface area contributed by atoms with Gasteiger partial charge in [0.15, 0.2) is 0 Å². The molecule has 0 saturated carbocycles. The summed E-state index contributed by atoms with van der Waals surface area (Å²) in [6.07, 6.45) is 3.20. The normalized spacial score (nSPS) is 12.2. The van der Waals surface area contributed by atoms with E-state index in [4.69, 9.17) is 11.6 Å². The molecule has 0 aliphatic rings. The number of rotatable bonds is 8. The molecule has 5 aromatic rings. The highest BCUT2D eigenvalue weighted by molar-refractivity contribution is 6.30. The fourth-order valence-corrected chi connectivity index (χ4v) is 4.91. The first-order valence-corrected chi connectivity index (χ1v) is 12.5. The minimum Gasteiger partial charge on any atom is -0.351 e. The number of benzene rings is 3. The van der Waals surface area contributed by atoms with Crippen LogP contribution in [0.5, 0.6) is 0 Å². The summed E-state index contributed by atoms with van der Waals surface area (Å²) in [5, 5.41) is 9.78. The Morgan fingerprint density at radius 3 is 2.50 bits per heavy atom. The van der Waals surface area contributed by atoms with Gasteiger partial charge >= 0.3 is 0 Å². The standard InChI is InChI=1S/C29H27ClN4O2/c1-2-23(16-20-9-4-3-5-10-20)32-27(35)19-34-29(36)28-25(17-31-34)24-13-6-7-14-26(24)33(28)18-21-11-8-12-22(30)15-21/h3-15,17,23H,2,16,18-19H2,1H3,(H,32,35). The largest absolute Gasteiger partial charge is 0.351 e. The molecule has 0 aliphatic heterocycles. The second-order valence-electron chi connectivity index (χ2n) is 8.97. The van der Waals surface area contributed by atoms with Crippen LogP contribution in [0, 0.1) is 0 Å². The molecule has 1 atom stereocenters. The highest BCUT2D eigenvalue weighted by Crippen LogP contribution is 2.27. The van der Waals surface area contributed by atoms with Crippen LogP contribution in [-0.4, -0.2) is 26.3 Å². The lowest BCUT2D eigenvalue weighted by molar-refractivity contribution is -0.122. The molecule has 0 fully saturated rings. The molecule has 7 heteroatoms. The van der Waals surface area contributed by atoms with Crippen LogP contribution >= 0.6 is 11.6 Å². The van der Waals surface area contributed by atoms with Crippen LogP contribution in [0.3, 0.4) is 0 Å². The molecule has 1 unspecified atom stereocenters. The van der Waals surface area contributed by atoms with Crippen molar-refractivity contribution < 1.29 is 4.79 Å². The number of nitrogens with zero attached hydrogens (tertiary/aromatic N) is 3. The average molecular weight is 499 g/mol. The van der Waals surface area contributed by atoms with Gasteiger partial charge in [0.05, 0.1) is 6.20 Å². The number of amides is 1. The van der Waals surface area contributed by atoms with E-state index < -0.39 is 0 Å². The Morgan fingerprint density at radius 1 is 0.972 bits per heavy atom. The van der Waals surface area contributed by atoms with Gasteiger partial charge in [-0.15, -0.1) is 0 Å². The van der Waals surface area contributed by atoms with E-state index in [-0.39, 0.29) is 24.1 Å². The Kier molecular flexibility index (Phi) is 6.87. The molecule has 36 heavy (non-hydrogen) atoms. The van der Waals surface area contributed by atoms with Gasteiger partial charge < -0.3 is 9.88 Å². The number of nitrogens with one attached hydrogen (secondary N) is 1. The van der Waals surface area contributed by atoms with Gasteiger partial charge in [0.2, 0.25) is 5.91 Å². The maximum Gasteiger partial charge on any atom is 0.291 e. The number of carbonyl (C=O) groups excluding carboxylic acids is 1. The number of para-hydroxylation sites is 1. The Labute approximate surface area is 214 Å². The maximum atomic E-state index is 13.6. The molecule has 0 spiro atoms. The van der Waals surface area contributed by atoms with Crippen molar-refractivity contribution in [2.75, 3.05) is 0 Å². The van der Waals surface area contributed by atoms with Crippen molar-refractivity contribution in [1.82, 2.24) is 19.7 Å². The summed E-state index contributed by atoms with van der Waals surface area (Å²) in [5.74, 6) is -0.232. The molecule has 1 N–H and O–H groups in total. The van der Waals surface area contributed by atoms with E-state index in [1.807, 2.05) is 90.4 Å². The summed E-state index contributed by atoms with van der Waals surface area (Å²) < 4.78 is 3.24. The van der Waals surface area contributed by atoms with Crippen LogP contribution < -0.4 is 10.9 Å². The van der Waals surface area contributed by atoms with E-state index in [0.29, 0.717) is 17.1 Å². The zero-order valence-corrected chi connectivity index (χ0v) is 20.8. The molecule has 6 nitrogen and oxygen atoms in total. The van der Waals surface area contributed by atoms with Gasteiger partial charge in [0.1, 0.15) is 12.1 Å². The zero-order chi connectivity index (χ0) is 25.1. The van der Waals surface area contributed by atoms with E-state index in [1.165, 1.54) is 4.68 Å². The molecule has 0 radical (unpaired) electrons. The second kappa shape index (κ2) is 10.4. The molecule has 0 saturated heterocycles. The van der Waals surface area contributed by atoms with Crippen molar-refractivity contribution in [2.24, 2.45) is 0 Å². The molecule has 182 valence electrons. The number of carbonyl (C=O) groups is 1. The van der Waals surface area contributed by atoms with Gasteiger partial charge in [-0.05, 0) is 42.2 Å². The van der Waals surface area contributed by atoms with Gasteiger partial charge in [0.25, 0.3) is 5.56 Å². The number of hydrogen-bond acceptors (Lipinski definition) is 3. The van der Waals surface area contributed by atoms with Crippen LogP contribution in [-0.2, 0) is 24.3 Å². The molecule has 5 rings (SSSR count). The number of hydrogen-bond donors (Lipinski definition) is 1. The fraction of sp³-hybridized carbons (Fsp3) is 0.207. The number of halogens is 1. The van der Waals surface area contributed by atoms with E-state index in [0.717, 1.165) is 40.3 Å². The molecule has 3 aromatic carbocycles. The van der Waals surface area contributed by atoms with Gasteiger partial charge in [0, 0.05) is 33.9 Å². The van der Waals surface area contributed by atoms with Crippen LogP contribution in [0.15, 0.2) is 89.9 Å². The summed E-state index contributed by atoms with van der Waals surface area (Å²) in [6.45, 7) is 2.38. The lowest BCUT2D eigenvalue weighted by Gasteiger charge is -2.17. The molecule has 0 bridgehead atoms. The Hall–Kier alpha value is -3.90. The Balaban J connectivity index is 1.46. The minimum absolute atomic E-state index is 0.0198. The van der Waals surface area contributed by atoms with E-state index in [9.17, 15) is 9.59 Å². The first-order valence-electron chi connectivity index (χ1n) is 12.1. The van der Waals surface area contributed by atoms with E-state index >= 15 is 0 Å². The predicted octanol–water partition coefficient (Wildman–Crippen LogP) is 5.19. The molecule has 2 heterocycles. The van der Waals surface area contributed by atoms with Crippen molar-refractivity contribution in [3.8, 4) is 0 Å². The van der Waals surface area contributed by atoms with E-state index in [1.54, 1.807) is 6.20 Å². The first kappa shape index (κ1) is 23.8. The zero-order valence-electron chi connectivity index (χ0n) is 20.0. The third kappa shape index (κ3) is 4.90. The lowest BCUT2D eigenvalue weighted by atomic mass is 10.0. The molecule has 1 amide bonds. The summed E-state index contributed by atoms with van der Waals surface area (Å²) in [7, 11) is 0. The van der Waals surface area contributed by atoms with Gasteiger partial charge in [-0.25, -0.2) is 4.68 Å². The lowest BCUT2D eigenvalue weighted by Crippen LogP contribution is -2.40. The molecular weight excluding hydrogens is 472 g/mol. The monoisotopic (exact) mass is 498 g/mol. The molecular formula is C29H27ClN4O2. The van der Waals surface area contributed by atoms with Gasteiger partial charge in [-0.3, -0.25) is 9.59 Å². The average Bonchev–Trinajstić information content (AvgIpc) is 3.20. The first-order chi connectivity index (χ1) is 17.5. The quantitative estimate of drug-likeness (QED) is 0.320. The summed E-state index contributed by atoms with van der Waals surface area (Å²) in [4.78, 5) is 26.5. The van der Waals surface area contributed by atoms with Crippen LogP contribution in [0.25, 0.3) is 21.8 Å². The molecule has 2 aromatic heterocycles.